The van der Waals surface area contributed by atoms with Crippen LogP contribution in [-0.4, -0.2) is 10.4 Å². The Morgan fingerprint density at radius 2 is 2.09 bits per heavy atom. The van der Waals surface area contributed by atoms with Crippen molar-refractivity contribution >= 4 is 0 Å². The first-order valence-electron chi connectivity index (χ1n) is 4.11. The van der Waals surface area contributed by atoms with Crippen molar-refractivity contribution in [3.05, 3.63) is 36.7 Å². The van der Waals surface area contributed by atoms with Crippen molar-refractivity contribution in [1.29, 1.82) is 0 Å². The molecule has 1 nitrogen and oxygen atoms in total. The van der Waals surface area contributed by atoms with Crippen LogP contribution in [0, 0.1) is 5.41 Å². The van der Waals surface area contributed by atoms with Crippen molar-refractivity contribution < 1.29 is 0 Å². The van der Waals surface area contributed by atoms with Crippen molar-refractivity contribution in [2.75, 3.05) is 0 Å². The van der Waals surface area contributed by atoms with Crippen molar-refractivity contribution in [1.82, 2.24) is 4.90 Å². The van der Waals surface area contributed by atoms with Crippen molar-refractivity contribution in [3.63, 3.8) is 0 Å². The molecule has 3 aliphatic rings. The Morgan fingerprint density at radius 3 is 2.82 bits per heavy atom. The van der Waals surface area contributed by atoms with Crippen LogP contribution >= 0.6 is 0 Å². The van der Waals surface area contributed by atoms with Gasteiger partial charge in [0, 0.05) is 17.8 Å². The Morgan fingerprint density at radius 1 is 1.18 bits per heavy atom. The largest absolute Gasteiger partial charge is 0.344 e. The number of nitrogens with zero attached hydrogens (tertiary/aromatic N) is 1. The van der Waals surface area contributed by atoms with Gasteiger partial charge in [-0.3, -0.25) is 0 Å². The monoisotopic (exact) mass is 145 g/mol. The van der Waals surface area contributed by atoms with Crippen LogP contribution in [0.5, 0.6) is 0 Å². The van der Waals surface area contributed by atoms with E-state index in [2.05, 4.69) is 48.5 Å². The molecule has 2 heterocycles. The molecule has 0 saturated heterocycles. The second-order valence-corrected chi connectivity index (χ2v) is 3.94. The molecule has 56 valence electrons. The Labute approximate surface area is 66.7 Å². The lowest BCUT2D eigenvalue weighted by Gasteiger charge is -2.25. The number of hydrogen-bond donors (Lipinski definition) is 0. The summed E-state index contributed by atoms with van der Waals surface area (Å²) in [6.07, 6.45) is 14.6. The van der Waals surface area contributed by atoms with E-state index in [0.29, 0.717) is 11.0 Å². The Balaban J connectivity index is 2.14. The molecule has 3 rings (SSSR count). The maximum Gasteiger partial charge on any atom is 0.0723 e. The summed E-state index contributed by atoms with van der Waals surface area (Å²) in [5.41, 5.74) is 0.788. The van der Waals surface area contributed by atoms with Crippen LogP contribution < -0.4 is 0 Å². The molecule has 0 aromatic heterocycles. The van der Waals surface area contributed by atoms with Gasteiger partial charge in [0.05, 0.1) is 5.54 Å². The molecule has 11 heavy (non-hydrogen) atoms. The molecule has 1 fully saturated rings. The van der Waals surface area contributed by atoms with Gasteiger partial charge in [0.2, 0.25) is 0 Å². The first-order valence-corrected chi connectivity index (χ1v) is 4.11. The fourth-order valence-electron chi connectivity index (χ4n) is 2.36. The molecule has 0 N–H and O–H groups in total. The first-order chi connectivity index (χ1) is 5.27. The van der Waals surface area contributed by atoms with Crippen molar-refractivity contribution in [3.8, 4) is 0 Å². The predicted octanol–water partition coefficient (Wildman–Crippen LogP) is 2.05. The fourth-order valence-corrected chi connectivity index (χ4v) is 2.36. The van der Waals surface area contributed by atoms with Gasteiger partial charge in [-0.1, -0.05) is 25.2 Å². The normalized spacial score (nSPS) is 49.4. The lowest BCUT2D eigenvalue weighted by molar-refractivity contribution is 0.383. The summed E-state index contributed by atoms with van der Waals surface area (Å²) < 4.78 is 0. The summed E-state index contributed by atoms with van der Waals surface area (Å²) in [6, 6.07) is 0. The van der Waals surface area contributed by atoms with Gasteiger partial charge in [0.15, 0.2) is 0 Å². The summed E-state index contributed by atoms with van der Waals surface area (Å²) in [5, 5.41) is 0. The molecule has 2 aliphatic heterocycles. The smallest absolute Gasteiger partial charge is 0.0723 e. The van der Waals surface area contributed by atoms with E-state index in [9.17, 15) is 0 Å². The minimum atomic E-state index is 0.349. The van der Waals surface area contributed by atoms with E-state index in [-0.39, 0.29) is 0 Å². The summed E-state index contributed by atoms with van der Waals surface area (Å²) in [7, 11) is 0. The number of hydrogen-bond acceptors (Lipinski definition) is 1. The highest BCUT2D eigenvalue weighted by molar-refractivity contribution is 5.44. The van der Waals surface area contributed by atoms with Gasteiger partial charge >= 0.3 is 0 Å². The lowest BCUT2D eigenvalue weighted by Crippen LogP contribution is -2.28. The minimum Gasteiger partial charge on any atom is -0.344 e. The zero-order valence-electron chi connectivity index (χ0n) is 6.62. The van der Waals surface area contributed by atoms with Crippen molar-refractivity contribution in [2.24, 2.45) is 5.41 Å². The third-order valence-corrected chi connectivity index (χ3v) is 3.29. The highest BCUT2D eigenvalue weighted by atomic mass is 15.3. The molecule has 1 saturated carbocycles. The second kappa shape index (κ2) is 1.31. The van der Waals surface area contributed by atoms with E-state index < -0.39 is 0 Å². The average molecular weight is 145 g/mol. The van der Waals surface area contributed by atoms with E-state index in [4.69, 9.17) is 0 Å². The minimum absolute atomic E-state index is 0.349. The zero-order valence-corrected chi connectivity index (χ0v) is 6.62. The van der Waals surface area contributed by atoms with E-state index in [1.807, 2.05) is 0 Å². The zero-order chi connectivity index (χ0) is 7.53. The second-order valence-electron chi connectivity index (χ2n) is 3.94. The summed E-state index contributed by atoms with van der Waals surface area (Å²) in [6.45, 7) is 2.33. The van der Waals surface area contributed by atoms with Crippen LogP contribution in [0.2, 0.25) is 0 Å². The van der Waals surface area contributed by atoms with Crippen LogP contribution in [0.1, 0.15) is 13.3 Å². The van der Waals surface area contributed by atoms with Gasteiger partial charge in [0.25, 0.3) is 0 Å². The Hall–Kier alpha value is -0.980. The van der Waals surface area contributed by atoms with Gasteiger partial charge < -0.3 is 4.90 Å². The Kier molecular flexibility index (Phi) is 0.674. The van der Waals surface area contributed by atoms with Crippen LogP contribution in [0.15, 0.2) is 36.7 Å². The molecule has 1 spiro atoms. The van der Waals surface area contributed by atoms with Crippen molar-refractivity contribution in [2.45, 2.75) is 18.9 Å². The van der Waals surface area contributed by atoms with Gasteiger partial charge in [-0.2, -0.15) is 0 Å². The number of allylic oxidation sites excluding steroid dienone is 2. The van der Waals surface area contributed by atoms with Crippen LogP contribution in [0.25, 0.3) is 0 Å². The molecule has 0 amide bonds. The summed E-state index contributed by atoms with van der Waals surface area (Å²) in [5.74, 6) is 0. The molecule has 1 aliphatic carbocycles. The lowest BCUT2D eigenvalue weighted by atomic mass is 10.0. The molecule has 1 heteroatoms. The quantitative estimate of drug-likeness (QED) is 0.504. The van der Waals surface area contributed by atoms with Crippen LogP contribution in [0.4, 0.5) is 0 Å². The summed E-state index contributed by atoms with van der Waals surface area (Å²) >= 11 is 0. The third kappa shape index (κ3) is 0.434. The van der Waals surface area contributed by atoms with E-state index in [0.717, 1.165) is 0 Å². The molecule has 0 aromatic rings. The maximum absolute atomic E-state index is 2.33. The van der Waals surface area contributed by atoms with E-state index in [1.54, 1.807) is 0 Å². The van der Waals surface area contributed by atoms with Crippen LogP contribution in [-0.2, 0) is 0 Å². The summed E-state index contributed by atoms with van der Waals surface area (Å²) in [4.78, 5) is 2.33. The first kappa shape index (κ1) is 5.64. The van der Waals surface area contributed by atoms with Gasteiger partial charge in [0.1, 0.15) is 0 Å². The van der Waals surface area contributed by atoms with Crippen LogP contribution in [0.3, 0.4) is 0 Å². The molecular weight excluding hydrogens is 134 g/mol. The Bertz CT molecular complexity index is 300. The molecule has 0 aromatic carbocycles. The number of rotatable bonds is 0. The van der Waals surface area contributed by atoms with E-state index in [1.165, 1.54) is 6.42 Å². The third-order valence-electron chi connectivity index (χ3n) is 3.29. The predicted molar refractivity (Wildman–Crippen MR) is 44.7 cm³/mol. The highest BCUT2D eigenvalue weighted by Crippen LogP contribution is 2.65. The van der Waals surface area contributed by atoms with Gasteiger partial charge in [-0.25, -0.2) is 0 Å². The molecule has 2 unspecified atom stereocenters. The highest BCUT2D eigenvalue weighted by Gasteiger charge is 2.67. The fraction of sp³-hybridized carbons (Fsp3) is 0.400. The molecule has 2 atom stereocenters. The van der Waals surface area contributed by atoms with Gasteiger partial charge in [-0.05, 0) is 12.5 Å². The SMILES string of the molecule is CC12C=CN3C=CC=CC31C2. The van der Waals surface area contributed by atoms with Gasteiger partial charge in [-0.15, -0.1) is 0 Å². The maximum atomic E-state index is 2.33. The topological polar surface area (TPSA) is 3.24 Å². The molecular formula is C10H11N. The molecule has 0 bridgehead atoms. The standard InChI is InChI=1S/C10H11N/c1-9-5-7-11-6-3-2-4-10(9,11)8-9/h2-7H,8H2,1H3. The average Bonchev–Trinajstić information content (AvgIpc) is 2.47. The van der Waals surface area contributed by atoms with E-state index >= 15 is 0 Å². The molecule has 0 radical (unpaired) electrons.